The van der Waals surface area contributed by atoms with Crippen molar-refractivity contribution in [3.8, 4) is 0 Å². The number of hydrogen-bond donors (Lipinski definition) is 2. The van der Waals surface area contributed by atoms with Gasteiger partial charge in [0.05, 0.1) is 0 Å². The molecule has 0 aliphatic carbocycles. The first-order chi connectivity index (χ1) is 3.12. The first-order valence-electron chi connectivity index (χ1n) is 1.39. The van der Waals surface area contributed by atoms with Gasteiger partial charge >= 0.3 is 7.82 Å². The molecule has 0 aromatic carbocycles. The monoisotopic (exact) mass is 127 g/mol. The molecule has 1 unspecified atom stereocenters. The zero-order chi connectivity index (χ0) is 5.91. The lowest BCUT2D eigenvalue weighted by atomic mass is 11.8. The van der Waals surface area contributed by atoms with Crippen LogP contribution in [-0.4, -0.2) is 12.0 Å². The molecule has 6 heteroatoms. The molecule has 7 heavy (non-hydrogen) atoms. The van der Waals surface area contributed by atoms with Gasteiger partial charge in [0.2, 0.25) is 0 Å². The average Bonchev–Trinajstić information content (AvgIpc) is 1.68. The summed E-state index contributed by atoms with van der Waals surface area (Å²) >= 11 is 0. The SMILES string of the molecule is COP(=O)(O)ON. The largest absolute Gasteiger partial charge is 0.488 e. The summed E-state index contributed by atoms with van der Waals surface area (Å²) in [6, 6.07) is 0. The fraction of sp³-hybridized carbons (Fsp3) is 1.00. The van der Waals surface area contributed by atoms with Crippen LogP contribution in [0.15, 0.2) is 0 Å². The molecule has 0 fully saturated rings. The second-order valence-electron chi connectivity index (χ2n) is 0.757. The van der Waals surface area contributed by atoms with E-state index in [9.17, 15) is 4.57 Å². The van der Waals surface area contributed by atoms with Crippen LogP contribution in [0.3, 0.4) is 0 Å². The molecule has 0 heterocycles. The highest BCUT2D eigenvalue weighted by molar-refractivity contribution is 7.47. The third-order valence-electron chi connectivity index (χ3n) is 0.364. The van der Waals surface area contributed by atoms with Crippen LogP contribution in [0.25, 0.3) is 0 Å². The zero-order valence-corrected chi connectivity index (χ0v) is 4.59. The molecule has 0 saturated carbocycles. The highest BCUT2D eigenvalue weighted by atomic mass is 31.2. The van der Waals surface area contributed by atoms with Crippen LogP contribution in [0.1, 0.15) is 0 Å². The zero-order valence-electron chi connectivity index (χ0n) is 3.70. The number of rotatable bonds is 2. The van der Waals surface area contributed by atoms with Crippen molar-refractivity contribution >= 4 is 7.82 Å². The molecule has 0 aliphatic heterocycles. The standard InChI is InChI=1S/CH6NO4P/c1-5-7(3,4)6-2/h2H2,1H3,(H,3,4). The number of hydrogen-bond acceptors (Lipinski definition) is 4. The van der Waals surface area contributed by atoms with Crippen LogP contribution in [0, 0.1) is 0 Å². The third kappa shape index (κ3) is 2.73. The van der Waals surface area contributed by atoms with Gasteiger partial charge in [0.1, 0.15) is 0 Å². The first kappa shape index (κ1) is 7.07. The second-order valence-corrected chi connectivity index (χ2v) is 2.27. The van der Waals surface area contributed by atoms with Gasteiger partial charge in [0.15, 0.2) is 0 Å². The quantitative estimate of drug-likeness (QED) is 0.390. The van der Waals surface area contributed by atoms with E-state index in [0.717, 1.165) is 7.11 Å². The minimum Gasteiger partial charge on any atom is -0.302 e. The lowest BCUT2D eigenvalue weighted by Gasteiger charge is -2.00. The Morgan fingerprint density at radius 1 is 1.86 bits per heavy atom. The van der Waals surface area contributed by atoms with E-state index in [4.69, 9.17) is 4.89 Å². The molecular formula is CH6NO4P. The summed E-state index contributed by atoms with van der Waals surface area (Å²) in [5.41, 5.74) is 0. The van der Waals surface area contributed by atoms with Gasteiger partial charge in [0, 0.05) is 7.11 Å². The van der Waals surface area contributed by atoms with Crippen LogP contribution >= 0.6 is 7.82 Å². The topological polar surface area (TPSA) is 81.8 Å². The lowest BCUT2D eigenvalue weighted by Crippen LogP contribution is -1.96. The summed E-state index contributed by atoms with van der Waals surface area (Å²) in [5.74, 6) is 4.28. The molecule has 44 valence electrons. The number of phosphoric ester groups is 1. The Hall–Kier alpha value is 0.0700. The Bertz CT molecular complexity index is 83.7. The van der Waals surface area contributed by atoms with E-state index in [1.807, 2.05) is 0 Å². The van der Waals surface area contributed by atoms with Gasteiger partial charge in [-0.3, -0.25) is 4.52 Å². The Kier molecular flexibility index (Phi) is 2.42. The van der Waals surface area contributed by atoms with Crippen LogP contribution < -0.4 is 5.90 Å². The van der Waals surface area contributed by atoms with Crippen molar-refractivity contribution in [2.75, 3.05) is 7.11 Å². The lowest BCUT2D eigenvalue weighted by molar-refractivity contribution is 0.176. The summed E-state index contributed by atoms with van der Waals surface area (Å²) in [4.78, 5) is 8.12. The average molecular weight is 127 g/mol. The van der Waals surface area contributed by atoms with Gasteiger partial charge in [-0.05, 0) is 0 Å². The van der Waals surface area contributed by atoms with E-state index in [2.05, 4.69) is 15.0 Å². The van der Waals surface area contributed by atoms with Gasteiger partial charge < -0.3 is 4.89 Å². The Balaban J connectivity index is 3.61. The van der Waals surface area contributed by atoms with Crippen molar-refractivity contribution in [3.05, 3.63) is 0 Å². The van der Waals surface area contributed by atoms with Crippen molar-refractivity contribution in [3.63, 3.8) is 0 Å². The van der Waals surface area contributed by atoms with Crippen molar-refractivity contribution in [2.24, 2.45) is 5.90 Å². The molecule has 0 radical (unpaired) electrons. The van der Waals surface area contributed by atoms with E-state index in [-0.39, 0.29) is 0 Å². The Labute approximate surface area is 40.6 Å². The Morgan fingerprint density at radius 2 is 2.29 bits per heavy atom. The fourth-order valence-corrected chi connectivity index (χ4v) is 0.129. The van der Waals surface area contributed by atoms with E-state index >= 15 is 0 Å². The summed E-state index contributed by atoms with van der Waals surface area (Å²) in [5, 5.41) is 0. The molecular weight excluding hydrogens is 121 g/mol. The maximum atomic E-state index is 9.94. The second kappa shape index (κ2) is 2.40. The predicted molar refractivity (Wildman–Crippen MR) is 22.1 cm³/mol. The molecule has 0 aromatic rings. The summed E-state index contributed by atoms with van der Waals surface area (Å²) in [6.45, 7) is 0. The predicted octanol–water partition coefficient (Wildman–Crippen LogP) is -0.377. The molecule has 0 amide bonds. The molecule has 3 N–H and O–H groups in total. The number of phosphoric acid groups is 1. The number of nitrogens with two attached hydrogens (primary N) is 1. The molecule has 0 rings (SSSR count). The summed E-state index contributed by atoms with van der Waals surface area (Å²) in [6.07, 6.45) is 0. The third-order valence-corrected chi connectivity index (χ3v) is 1.09. The van der Waals surface area contributed by atoms with Gasteiger partial charge in [0.25, 0.3) is 0 Å². The van der Waals surface area contributed by atoms with Crippen molar-refractivity contribution < 1.29 is 18.6 Å². The molecule has 0 aliphatic rings. The fourth-order valence-electron chi connectivity index (χ4n) is 0.0430. The normalized spacial score (nSPS) is 18.7. The molecule has 0 aromatic heterocycles. The maximum Gasteiger partial charge on any atom is 0.488 e. The summed E-state index contributed by atoms with van der Waals surface area (Å²) in [7, 11) is -2.86. The van der Waals surface area contributed by atoms with Gasteiger partial charge in [-0.25, -0.2) is 15.1 Å². The highest BCUT2D eigenvalue weighted by Crippen LogP contribution is 2.38. The highest BCUT2D eigenvalue weighted by Gasteiger charge is 2.14. The smallest absolute Gasteiger partial charge is 0.302 e. The molecule has 0 spiro atoms. The van der Waals surface area contributed by atoms with E-state index in [1.54, 1.807) is 0 Å². The first-order valence-corrected chi connectivity index (χ1v) is 2.89. The van der Waals surface area contributed by atoms with Crippen LogP contribution in [0.5, 0.6) is 0 Å². The minimum absolute atomic E-state index is 1.02. The van der Waals surface area contributed by atoms with E-state index in [0.29, 0.717) is 0 Å². The van der Waals surface area contributed by atoms with Gasteiger partial charge in [-0.15, -0.1) is 0 Å². The molecule has 0 bridgehead atoms. The molecule has 0 saturated heterocycles. The molecule has 1 atom stereocenters. The molecule has 5 nitrogen and oxygen atoms in total. The maximum absolute atomic E-state index is 9.94. The van der Waals surface area contributed by atoms with Crippen LogP contribution in [0.4, 0.5) is 0 Å². The van der Waals surface area contributed by atoms with Gasteiger partial charge in [-0.2, -0.15) is 0 Å². The van der Waals surface area contributed by atoms with Crippen molar-refractivity contribution in [1.29, 1.82) is 0 Å². The summed E-state index contributed by atoms with van der Waals surface area (Å²) < 4.78 is 17.3. The van der Waals surface area contributed by atoms with Crippen molar-refractivity contribution in [1.82, 2.24) is 0 Å². The van der Waals surface area contributed by atoms with Crippen LogP contribution in [-0.2, 0) is 13.7 Å². The van der Waals surface area contributed by atoms with E-state index < -0.39 is 7.82 Å². The Morgan fingerprint density at radius 3 is 2.29 bits per heavy atom. The van der Waals surface area contributed by atoms with E-state index in [1.165, 1.54) is 0 Å². The van der Waals surface area contributed by atoms with Gasteiger partial charge in [-0.1, -0.05) is 0 Å². The minimum atomic E-state index is -3.88. The van der Waals surface area contributed by atoms with Crippen LogP contribution in [0.2, 0.25) is 0 Å². The van der Waals surface area contributed by atoms with Crippen molar-refractivity contribution in [2.45, 2.75) is 0 Å².